The topological polar surface area (TPSA) is 70.6 Å². The summed E-state index contributed by atoms with van der Waals surface area (Å²) in [6.07, 6.45) is 3.50. The number of aromatic nitrogens is 1. The lowest BCUT2D eigenvalue weighted by atomic mass is 10.2. The van der Waals surface area contributed by atoms with Crippen LogP contribution in [-0.4, -0.2) is 37.7 Å². The van der Waals surface area contributed by atoms with E-state index in [1.165, 1.54) is 4.31 Å². The normalized spacial score (nSPS) is 14.4. The molecule has 1 aromatic carbocycles. The van der Waals surface area contributed by atoms with Crippen molar-refractivity contribution in [3.8, 4) is 0 Å². The van der Waals surface area contributed by atoms with Gasteiger partial charge in [0, 0.05) is 38.7 Å². The molecule has 0 radical (unpaired) electrons. The summed E-state index contributed by atoms with van der Waals surface area (Å²) in [4.78, 5) is 17.4. The molecule has 23 heavy (non-hydrogen) atoms. The third-order valence-corrected chi connectivity index (χ3v) is 5.79. The first kappa shape index (κ1) is 15.6. The smallest absolute Gasteiger partial charge is 0.243 e. The molecule has 0 spiro atoms. The van der Waals surface area contributed by atoms with Gasteiger partial charge in [-0.2, -0.15) is 4.31 Å². The number of carbonyl (C=O) groups excluding carboxylic acids is 1. The Bertz CT molecular complexity index is 850. The van der Waals surface area contributed by atoms with Crippen molar-refractivity contribution in [1.29, 1.82) is 0 Å². The first-order valence-electron chi connectivity index (χ1n) is 7.14. The van der Waals surface area contributed by atoms with E-state index in [1.807, 2.05) is 0 Å². The molecule has 1 aromatic heterocycles. The molecule has 0 atom stereocenters. The van der Waals surface area contributed by atoms with Gasteiger partial charge in [0.15, 0.2) is 0 Å². The molecule has 2 heterocycles. The van der Waals surface area contributed by atoms with E-state index in [0.29, 0.717) is 0 Å². The van der Waals surface area contributed by atoms with E-state index >= 15 is 0 Å². The number of carbonyl (C=O) groups is 1. The largest absolute Gasteiger partial charge is 0.315 e. The maximum Gasteiger partial charge on any atom is 0.243 e. The first-order valence-corrected chi connectivity index (χ1v) is 8.58. The average Bonchev–Trinajstić information content (AvgIpc) is 2.82. The maximum atomic E-state index is 12.7. The highest BCUT2D eigenvalue weighted by Crippen LogP contribution is 2.30. The number of hydrogen-bond donors (Lipinski definition) is 0. The summed E-state index contributed by atoms with van der Waals surface area (Å²) in [7, 11) is -0.376. The molecule has 0 fully saturated rings. The zero-order valence-corrected chi connectivity index (χ0v) is 13.7. The summed E-state index contributed by atoms with van der Waals surface area (Å²) in [5, 5.41) is 0. The number of nitrogens with zero attached hydrogens (tertiary/aromatic N) is 3. The molecule has 0 saturated heterocycles. The second-order valence-electron chi connectivity index (χ2n) is 5.54. The van der Waals surface area contributed by atoms with Gasteiger partial charge in [-0.15, -0.1) is 0 Å². The van der Waals surface area contributed by atoms with Gasteiger partial charge in [-0.05, 0) is 41.5 Å². The van der Waals surface area contributed by atoms with E-state index in [0.717, 1.165) is 16.8 Å². The number of fused-ring (bicyclic) bond motifs is 1. The van der Waals surface area contributed by atoms with E-state index in [1.54, 1.807) is 61.7 Å². The van der Waals surface area contributed by atoms with E-state index < -0.39 is 10.0 Å². The number of anilines is 1. The molecule has 6 nitrogen and oxygen atoms in total. The fourth-order valence-corrected chi connectivity index (χ4v) is 3.83. The summed E-state index contributed by atoms with van der Waals surface area (Å²) in [6, 6.07) is 8.39. The number of likely N-dealkylation sites (N-methyl/N-ethyl adjacent to an activating group) is 1. The molecule has 0 N–H and O–H groups in total. The lowest BCUT2D eigenvalue weighted by molar-refractivity contribution is -0.117. The Hall–Kier alpha value is -2.25. The highest BCUT2D eigenvalue weighted by Gasteiger charge is 2.27. The molecule has 0 unspecified atom stereocenters. The number of rotatable bonds is 4. The van der Waals surface area contributed by atoms with Crippen LogP contribution in [0.2, 0.25) is 0 Å². The minimum absolute atomic E-state index is 0.0281. The van der Waals surface area contributed by atoms with Crippen LogP contribution in [0.5, 0.6) is 0 Å². The van der Waals surface area contributed by atoms with Gasteiger partial charge in [0.1, 0.15) is 0 Å². The third-order valence-electron chi connectivity index (χ3n) is 3.99. The lowest BCUT2D eigenvalue weighted by Crippen LogP contribution is -2.26. The fraction of sp³-hybridized carbons (Fsp3) is 0.250. The Balaban J connectivity index is 1.89. The Kier molecular flexibility index (Phi) is 3.91. The molecule has 3 rings (SSSR count). The van der Waals surface area contributed by atoms with Crippen LogP contribution in [0.25, 0.3) is 0 Å². The van der Waals surface area contributed by atoms with E-state index in [9.17, 15) is 13.2 Å². The van der Waals surface area contributed by atoms with Gasteiger partial charge in [0.2, 0.25) is 15.9 Å². The Morgan fingerprint density at radius 3 is 2.61 bits per heavy atom. The molecule has 0 saturated carbocycles. The fourth-order valence-electron chi connectivity index (χ4n) is 2.62. The van der Waals surface area contributed by atoms with E-state index in [-0.39, 0.29) is 23.8 Å². The van der Waals surface area contributed by atoms with Gasteiger partial charge in [-0.1, -0.05) is 0 Å². The summed E-state index contributed by atoms with van der Waals surface area (Å²) in [5.41, 5.74) is 2.38. The van der Waals surface area contributed by atoms with E-state index in [2.05, 4.69) is 4.98 Å². The Morgan fingerprint density at radius 2 is 1.91 bits per heavy atom. The van der Waals surface area contributed by atoms with Crippen molar-refractivity contribution in [2.75, 3.05) is 19.0 Å². The second-order valence-corrected chi connectivity index (χ2v) is 7.58. The summed E-state index contributed by atoms with van der Waals surface area (Å²) in [5.74, 6) is -0.0281. The quantitative estimate of drug-likeness (QED) is 0.849. The van der Waals surface area contributed by atoms with Crippen LogP contribution in [-0.2, 0) is 27.8 Å². The molecule has 0 bridgehead atoms. The number of pyridine rings is 1. The van der Waals surface area contributed by atoms with Crippen molar-refractivity contribution in [1.82, 2.24) is 9.29 Å². The van der Waals surface area contributed by atoms with Gasteiger partial charge in [0.05, 0.1) is 11.3 Å². The van der Waals surface area contributed by atoms with Crippen molar-refractivity contribution in [2.24, 2.45) is 0 Å². The first-order chi connectivity index (χ1) is 10.9. The molecule has 1 amide bonds. The predicted molar refractivity (Wildman–Crippen MR) is 86.4 cm³/mol. The molecule has 7 heteroatoms. The van der Waals surface area contributed by atoms with E-state index in [4.69, 9.17) is 0 Å². The highest BCUT2D eigenvalue weighted by atomic mass is 32.2. The molecule has 2 aromatic rings. The zero-order chi connectivity index (χ0) is 16.6. The average molecular weight is 331 g/mol. The summed E-state index contributed by atoms with van der Waals surface area (Å²) >= 11 is 0. The SMILES string of the molecule is CN1C(=O)Cc2cc(S(=O)(=O)N(C)Cc3ccncc3)ccc21. The predicted octanol–water partition coefficient (Wildman–Crippen LogP) is 1.42. The second kappa shape index (κ2) is 5.75. The van der Waals surface area contributed by atoms with Gasteiger partial charge >= 0.3 is 0 Å². The Labute approximate surface area is 135 Å². The van der Waals surface area contributed by atoms with Gasteiger partial charge in [-0.3, -0.25) is 9.78 Å². The molecule has 120 valence electrons. The van der Waals surface area contributed by atoms with Gasteiger partial charge in [-0.25, -0.2) is 8.42 Å². The molecular formula is C16H17N3O3S. The number of benzene rings is 1. The number of amides is 1. The minimum Gasteiger partial charge on any atom is -0.315 e. The van der Waals surface area contributed by atoms with Crippen LogP contribution in [0.1, 0.15) is 11.1 Å². The molecule has 1 aliphatic heterocycles. The standard InChI is InChI=1S/C16H17N3O3S/c1-18(11-12-5-7-17-8-6-12)23(21,22)14-3-4-15-13(9-14)10-16(20)19(15)2/h3-9H,10-11H2,1-2H3. The van der Waals surface area contributed by atoms with Crippen molar-refractivity contribution in [2.45, 2.75) is 17.9 Å². The molecular weight excluding hydrogens is 314 g/mol. The summed E-state index contributed by atoms with van der Waals surface area (Å²) < 4.78 is 26.7. The molecule has 0 aliphatic carbocycles. The monoisotopic (exact) mass is 331 g/mol. The van der Waals surface area contributed by atoms with Crippen molar-refractivity contribution in [3.63, 3.8) is 0 Å². The number of hydrogen-bond acceptors (Lipinski definition) is 4. The minimum atomic E-state index is -3.61. The highest BCUT2D eigenvalue weighted by molar-refractivity contribution is 7.89. The van der Waals surface area contributed by atoms with Crippen LogP contribution >= 0.6 is 0 Å². The van der Waals surface area contributed by atoms with Crippen molar-refractivity contribution in [3.05, 3.63) is 53.9 Å². The van der Waals surface area contributed by atoms with Crippen molar-refractivity contribution >= 4 is 21.6 Å². The van der Waals surface area contributed by atoms with Gasteiger partial charge in [0.25, 0.3) is 0 Å². The van der Waals surface area contributed by atoms with Gasteiger partial charge < -0.3 is 4.90 Å². The molecule has 1 aliphatic rings. The zero-order valence-electron chi connectivity index (χ0n) is 12.9. The number of sulfonamides is 1. The van der Waals surface area contributed by atoms with Crippen LogP contribution in [0.4, 0.5) is 5.69 Å². The van der Waals surface area contributed by atoms with Crippen LogP contribution in [0, 0.1) is 0 Å². The van der Waals surface area contributed by atoms with Crippen LogP contribution in [0.15, 0.2) is 47.6 Å². The maximum absolute atomic E-state index is 12.7. The third kappa shape index (κ3) is 2.85. The van der Waals surface area contributed by atoms with Crippen LogP contribution < -0.4 is 4.90 Å². The van der Waals surface area contributed by atoms with Crippen LogP contribution in [0.3, 0.4) is 0 Å². The lowest BCUT2D eigenvalue weighted by Gasteiger charge is -2.18. The van der Waals surface area contributed by atoms with Crippen molar-refractivity contribution < 1.29 is 13.2 Å². The summed E-state index contributed by atoms with van der Waals surface area (Å²) in [6.45, 7) is 0.265. The Morgan fingerprint density at radius 1 is 1.22 bits per heavy atom.